The number of hydrogen-bond donors (Lipinski definition) is 1. The van der Waals surface area contributed by atoms with E-state index in [2.05, 4.69) is 5.32 Å². The summed E-state index contributed by atoms with van der Waals surface area (Å²) in [6, 6.07) is 7.03. The average molecular weight is 267 g/mol. The van der Waals surface area contributed by atoms with Gasteiger partial charge in [-0.1, -0.05) is 6.07 Å². The van der Waals surface area contributed by atoms with Gasteiger partial charge in [0.1, 0.15) is 0 Å². The van der Waals surface area contributed by atoms with E-state index in [9.17, 15) is 13.6 Å². The molecule has 0 atom stereocenters. The van der Waals surface area contributed by atoms with Crippen molar-refractivity contribution in [2.45, 2.75) is 6.42 Å². The first-order valence-corrected chi connectivity index (χ1v) is 6.30. The minimum Gasteiger partial charge on any atom is -0.352 e. The number of amides is 1. The SMILES string of the molecule is O=C(NCCc1cccs1)c1ccc(F)c(F)c1. The quantitative estimate of drug-likeness (QED) is 0.906. The number of carbonyl (C=O) groups excluding carboxylic acids is 1. The molecule has 1 N–H and O–H groups in total. The number of rotatable bonds is 4. The lowest BCUT2D eigenvalue weighted by molar-refractivity contribution is 0.0953. The van der Waals surface area contributed by atoms with Crippen molar-refractivity contribution in [2.75, 3.05) is 6.54 Å². The van der Waals surface area contributed by atoms with Crippen LogP contribution < -0.4 is 5.32 Å². The van der Waals surface area contributed by atoms with Crippen molar-refractivity contribution < 1.29 is 13.6 Å². The maximum absolute atomic E-state index is 12.9. The molecule has 0 unspecified atom stereocenters. The number of halogens is 2. The number of benzene rings is 1. The summed E-state index contributed by atoms with van der Waals surface area (Å²) >= 11 is 1.61. The van der Waals surface area contributed by atoms with Crippen LogP contribution in [0.15, 0.2) is 35.7 Å². The molecule has 0 bridgehead atoms. The Kier molecular flexibility index (Phi) is 4.04. The van der Waals surface area contributed by atoms with E-state index in [0.717, 1.165) is 18.6 Å². The zero-order chi connectivity index (χ0) is 13.0. The second-order valence-electron chi connectivity index (χ2n) is 3.71. The summed E-state index contributed by atoms with van der Waals surface area (Å²) in [5.74, 6) is -2.36. The summed E-state index contributed by atoms with van der Waals surface area (Å²) in [7, 11) is 0. The number of thiophene rings is 1. The van der Waals surface area contributed by atoms with Crippen molar-refractivity contribution in [3.63, 3.8) is 0 Å². The first-order valence-electron chi connectivity index (χ1n) is 5.42. The average Bonchev–Trinajstić information content (AvgIpc) is 2.85. The molecule has 2 nitrogen and oxygen atoms in total. The maximum atomic E-state index is 12.9. The van der Waals surface area contributed by atoms with E-state index in [0.29, 0.717) is 6.54 Å². The first-order chi connectivity index (χ1) is 8.66. The minimum atomic E-state index is -1.01. The Morgan fingerprint density at radius 3 is 2.72 bits per heavy atom. The fourth-order valence-corrected chi connectivity index (χ4v) is 2.20. The molecule has 0 fully saturated rings. The Morgan fingerprint density at radius 1 is 1.22 bits per heavy atom. The minimum absolute atomic E-state index is 0.125. The molecule has 0 aliphatic carbocycles. The molecule has 1 amide bonds. The van der Waals surface area contributed by atoms with Gasteiger partial charge in [0.15, 0.2) is 11.6 Å². The molecule has 5 heteroatoms. The highest BCUT2D eigenvalue weighted by atomic mass is 32.1. The summed E-state index contributed by atoms with van der Waals surface area (Å²) in [5, 5.41) is 4.63. The van der Waals surface area contributed by atoms with Gasteiger partial charge in [0, 0.05) is 17.0 Å². The smallest absolute Gasteiger partial charge is 0.251 e. The van der Waals surface area contributed by atoms with E-state index in [1.807, 2.05) is 17.5 Å². The first kappa shape index (κ1) is 12.7. The van der Waals surface area contributed by atoms with E-state index in [-0.39, 0.29) is 5.56 Å². The van der Waals surface area contributed by atoms with Gasteiger partial charge < -0.3 is 5.32 Å². The molecule has 0 spiro atoms. The third-order valence-electron chi connectivity index (χ3n) is 2.42. The lowest BCUT2D eigenvalue weighted by Crippen LogP contribution is -2.25. The largest absolute Gasteiger partial charge is 0.352 e. The van der Waals surface area contributed by atoms with E-state index in [4.69, 9.17) is 0 Å². The molecule has 1 heterocycles. The summed E-state index contributed by atoms with van der Waals surface area (Å²) < 4.78 is 25.6. The lowest BCUT2D eigenvalue weighted by atomic mass is 10.2. The Balaban J connectivity index is 1.89. The normalized spacial score (nSPS) is 10.3. The maximum Gasteiger partial charge on any atom is 0.251 e. The molecule has 0 aliphatic heterocycles. The third kappa shape index (κ3) is 3.13. The van der Waals surface area contributed by atoms with Gasteiger partial charge >= 0.3 is 0 Å². The van der Waals surface area contributed by atoms with Gasteiger partial charge in [0.2, 0.25) is 0 Å². The fourth-order valence-electron chi connectivity index (χ4n) is 1.49. The van der Waals surface area contributed by atoms with Gasteiger partial charge in [-0.15, -0.1) is 11.3 Å². The van der Waals surface area contributed by atoms with Crippen molar-refractivity contribution in [2.24, 2.45) is 0 Å². The van der Waals surface area contributed by atoms with E-state index in [1.54, 1.807) is 11.3 Å². The molecule has 94 valence electrons. The molecule has 0 saturated heterocycles. The molecule has 1 aromatic carbocycles. The van der Waals surface area contributed by atoms with Crippen LogP contribution in [0.1, 0.15) is 15.2 Å². The molecule has 0 radical (unpaired) electrons. The number of carbonyl (C=O) groups is 1. The van der Waals surface area contributed by atoms with Crippen molar-refractivity contribution in [3.8, 4) is 0 Å². The van der Waals surface area contributed by atoms with Gasteiger partial charge in [-0.05, 0) is 36.1 Å². The Hall–Kier alpha value is -1.75. The number of nitrogens with one attached hydrogen (secondary N) is 1. The van der Waals surface area contributed by atoms with Crippen molar-refractivity contribution >= 4 is 17.2 Å². The molecular formula is C13H11F2NOS. The predicted octanol–water partition coefficient (Wildman–Crippen LogP) is 3.00. The zero-order valence-corrected chi connectivity index (χ0v) is 10.3. The van der Waals surface area contributed by atoms with E-state index in [1.165, 1.54) is 10.9 Å². The van der Waals surface area contributed by atoms with E-state index < -0.39 is 17.5 Å². The topological polar surface area (TPSA) is 29.1 Å². The van der Waals surface area contributed by atoms with Crippen molar-refractivity contribution in [1.29, 1.82) is 0 Å². The van der Waals surface area contributed by atoms with E-state index >= 15 is 0 Å². The van der Waals surface area contributed by atoms with Crippen molar-refractivity contribution in [3.05, 3.63) is 57.8 Å². The standard InChI is InChI=1S/C13H11F2NOS/c14-11-4-3-9(8-12(11)15)13(17)16-6-5-10-2-1-7-18-10/h1-4,7-8H,5-6H2,(H,16,17). The highest BCUT2D eigenvalue weighted by molar-refractivity contribution is 7.09. The van der Waals surface area contributed by atoms with Crippen LogP contribution in [0.2, 0.25) is 0 Å². The summed E-state index contributed by atoms with van der Waals surface area (Å²) in [5.41, 5.74) is 0.125. The molecule has 0 saturated carbocycles. The van der Waals surface area contributed by atoms with Gasteiger partial charge in [-0.25, -0.2) is 8.78 Å². The predicted molar refractivity (Wildman–Crippen MR) is 66.7 cm³/mol. The second kappa shape index (κ2) is 5.73. The molecule has 0 aliphatic rings. The Bertz CT molecular complexity index is 540. The van der Waals surface area contributed by atoms with Gasteiger partial charge in [0.05, 0.1) is 0 Å². The highest BCUT2D eigenvalue weighted by Gasteiger charge is 2.09. The van der Waals surface area contributed by atoms with Crippen LogP contribution in [-0.2, 0) is 6.42 Å². The van der Waals surface area contributed by atoms with Crippen LogP contribution in [0.5, 0.6) is 0 Å². The Labute approximate surface area is 107 Å². The monoisotopic (exact) mass is 267 g/mol. The van der Waals surface area contributed by atoms with Gasteiger partial charge in [-0.3, -0.25) is 4.79 Å². The zero-order valence-electron chi connectivity index (χ0n) is 9.45. The third-order valence-corrected chi connectivity index (χ3v) is 3.36. The van der Waals surface area contributed by atoms with Crippen LogP contribution in [0.25, 0.3) is 0 Å². The van der Waals surface area contributed by atoms with Crippen LogP contribution >= 0.6 is 11.3 Å². The summed E-state index contributed by atoms with van der Waals surface area (Å²) in [6.07, 6.45) is 0.729. The highest BCUT2D eigenvalue weighted by Crippen LogP contribution is 2.10. The van der Waals surface area contributed by atoms with Crippen LogP contribution in [0, 0.1) is 11.6 Å². The summed E-state index contributed by atoms with van der Waals surface area (Å²) in [4.78, 5) is 12.8. The molecule has 1 aromatic heterocycles. The van der Waals surface area contributed by atoms with Gasteiger partial charge in [0.25, 0.3) is 5.91 Å². The van der Waals surface area contributed by atoms with Crippen LogP contribution in [-0.4, -0.2) is 12.5 Å². The number of hydrogen-bond acceptors (Lipinski definition) is 2. The molecular weight excluding hydrogens is 256 g/mol. The van der Waals surface area contributed by atoms with Gasteiger partial charge in [-0.2, -0.15) is 0 Å². The van der Waals surface area contributed by atoms with Crippen molar-refractivity contribution in [1.82, 2.24) is 5.32 Å². The molecule has 18 heavy (non-hydrogen) atoms. The molecule has 2 aromatic rings. The lowest BCUT2D eigenvalue weighted by Gasteiger charge is -2.04. The summed E-state index contributed by atoms with van der Waals surface area (Å²) in [6.45, 7) is 0.471. The fraction of sp³-hybridized carbons (Fsp3) is 0.154. The van der Waals surface area contributed by atoms with Crippen LogP contribution in [0.3, 0.4) is 0 Å². The Morgan fingerprint density at radius 2 is 2.06 bits per heavy atom. The second-order valence-corrected chi connectivity index (χ2v) is 4.75. The molecule has 2 rings (SSSR count). The van der Waals surface area contributed by atoms with Crippen LogP contribution in [0.4, 0.5) is 8.78 Å².